The van der Waals surface area contributed by atoms with E-state index in [0.717, 1.165) is 25.4 Å². The molecule has 3 nitrogen and oxygen atoms in total. The van der Waals surface area contributed by atoms with Gasteiger partial charge < -0.3 is 14.8 Å². The first kappa shape index (κ1) is 13.4. The van der Waals surface area contributed by atoms with Crippen molar-refractivity contribution in [2.45, 2.75) is 29.9 Å². The number of hydrogen-bond acceptors (Lipinski definition) is 4. The van der Waals surface area contributed by atoms with E-state index in [1.165, 1.54) is 10.5 Å². The minimum atomic E-state index is 0.202. The number of morpholine rings is 1. The number of benzene rings is 1. The Hall–Kier alpha value is -0.550. The Balaban J connectivity index is 1.46. The van der Waals surface area contributed by atoms with Gasteiger partial charge >= 0.3 is 0 Å². The second-order valence-corrected chi connectivity index (χ2v) is 6.37. The van der Waals surface area contributed by atoms with Crippen molar-refractivity contribution >= 4 is 11.8 Å². The van der Waals surface area contributed by atoms with Gasteiger partial charge in [-0.1, -0.05) is 18.2 Å². The van der Waals surface area contributed by atoms with Crippen molar-refractivity contribution in [2.24, 2.45) is 0 Å². The molecule has 1 N–H and O–H groups in total. The first-order valence-corrected chi connectivity index (χ1v) is 7.97. The van der Waals surface area contributed by atoms with E-state index in [1.807, 2.05) is 11.8 Å². The van der Waals surface area contributed by atoms with Crippen LogP contribution in [0.1, 0.15) is 18.4 Å². The number of rotatable bonds is 4. The van der Waals surface area contributed by atoms with Crippen LogP contribution in [0.2, 0.25) is 0 Å². The summed E-state index contributed by atoms with van der Waals surface area (Å²) in [5.74, 6) is 1.68. The molecule has 2 heterocycles. The summed E-state index contributed by atoms with van der Waals surface area (Å²) in [6.07, 6.45) is 0.498. The molecule has 0 amide bonds. The van der Waals surface area contributed by atoms with E-state index in [-0.39, 0.29) is 6.10 Å². The van der Waals surface area contributed by atoms with Crippen molar-refractivity contribution in [1.29, 1.82) is 0 Å². The molecule has 0 aromatic heterocycles. The van der Waals surface area contributed by atoms with Gasteiger partial charge in [0.1, 0.15) is 0 Å². The van der Waals surface area contributed by atoms with Gasteiger partial charge in [-0.25, -0.2) is 0 Å². The molecule has 3 atom stereocenters. The van der Waals surface area contributed by atoms with Gasteiger partial charge in [-0.3, -0.25) is 0 Å². The Labute approximate surface area is 119 Å². The molecule has 2 aliphatic rings. The summed E-state index contributed by atoms with van der Waals surface area (Å²) in [5.41, 5.74) is 1.45. The summed E-state index contributed by atoms with van der Waals surface area (Å²) in [5, 5.41) is 3.37. The van der Waals surface area contributed by atoms with Crippen molar-refractivity contribution in [3.8, 4) is 0 Å². The summed E-state index contributed by atoms with van der Waals surface area (Å²) >= 11 is 1.94. The Kier molecular flexibility index (Phi) is 4.43. The molecule has 1 fully saturated rings. The summed E-state index contributed by atoms with van der Waals surface area (Å²) in [6, 6.07) is 8.66. The smallest absolute Gasteiger partial charge is 0.0936 e. The molecule has 4 heteroatoms. The molecular formula is C15H21NO2S. The van der Waals surface area contributed by atoms with Crippen LogP contribution in [0.4, 0.5) is 0 Å². The molecule has 19 heavy (non-hydrogen) atoms. The highest BCUT2D eigenvalue weighted by Crippen LogP contribution is 2.39. The fourth-order valence-corrected chi connectivity index (χ4v) is 3.91. The summed E-state index contributed by atoms with van der Waals surface area (Å²) in [7, 11) is 0. The second kappa shape index (κ2) is 6.27. The lowest BCUT2D eigenvalue weighted by molar-refractivity contribution is -0.0696. The number of ether oxygens (including phenoxy) is 2. The maximum atomic E-state index is 5.88. The molecule has 104 valence electrons. The third kappa shape index (κ3) is 3.31. The van der Waals surface area contributed by atoms with Gasteiger partial charge in [0.25, 0.3) is 0 Å². The lowest BCUT2D eigenvalue weighted by Gasteiger charge is -2.28. The quantitative estimate of drug-likeness (QED) is 0.916. The zero-order chi connectivity index (χ0) is 13.1. The molecule has 1 aromatic rings. The number of fused-ring (bicyclic) bond motifs is 1. The van der Waals surface area contributed by atoms with E-state index in [1.54, 1.807) is 0 Å². The van der Waals surface area contributed by atoms with Crippen LogP contribution in [0, 0.1) is 0 Å². The molecule has 0 radical (unpaired) electrons. The van der Waals surface area contributed by atoms with Crippen molar-refractivity contribution in [3.05, 3.63) is 29.8 Å². The molecule has 2 aliphatic heterocycles. The van der Waals surface area contributed by atoms with Crippen LogP contribution < -0.4 is 5.32 Å². The molecule has 1 saturated heterocycles. The van der Waals surface area contributed by atoms with Crippen LogP contribution in [-0.4, -0.2) is 44.3 Å². The molecule has 1 aromatic carbocycles. The van der Waals surface area contributed by atoms with Gasteiger partial charge in [-0.05, 0) is 18.6 Å². The summed E-state index contributed by atoms with van der Waals surface area (Å²) < 4.78 is 11.7. The van der Waals surface area contributed by atoms with Gasteiger partial charge in [0, 0.05) is 29.7 Å². The molecule has 0 bridgehead atoms. The normalized spacial score (nSPS) is 30.3. The fraction of sp³-hybridized carbons (Fsp3) is 0.600. The predicted octanol–water partition coefficient (Wildman–Crippen LogP) is 2.27. The van der Waals surface area contributed by atoms with E-state index >= 15 is 0 Å². The van der Waals surface area contributed by atoms with E-state index in [9.17, 15) is 0 Å². The SMILES string of the molecule is CC1CNCC(COCC2CSc3ccccc32)O1. The maximum Gasteiger partial charge on any atom is 0.0936 e. The average Bonchev–Trinajstić information content (AvgIpc) is 2.83. The van der Waals surface area contributed by atoms with Crippen LogP contribution >= 0.6 is 11.8 Å². The first-order valence-electron chi connectivity index (χ1n) is 6.98. The van der Waals surface area contributed by atoms with Crippen molar-refractivity contribution in [3.63, 3.8) is 0 Å². The second-order valence-electron chi connectivity index (χ2n) is 5.31. The molecular weight excluding hydrogens is 258 g/mol. The van der Waals surface area contributed by atoms with Gasteiger partial charge in [0.2, 0.25) is 0 Å². The number of hydrogen-bond donors (Lipinski definition) is 1. The highest BCUT2D eigenvalue weighted by Gasteiger charge is 2.24. The van der Waals surface area contributed by atoms with E-state index in [2.05, 4.69) is 36.5 Å². The zero-order valence-corrected chi connectivity index (χ0v) is 12.1. The number of nitrogens with one attached hydrogen (secondary N) is 1. The standard InChI is InChI=1S/C15H21NO2S/c1-11-6-16-7-13(18-11)9-17-8-12-10-19-15-5-3-2-4-14(12)15/h2-5,11-13,16H,6-10H2,1H3. The van der Waals surface area contributed by atoms with Crippen LogP contribution in [-0.2, 0) is 9.47 Å². The zero-order valence-electron chi connectivity index (χ0n) is 11.3. The van der Waals surface area contributed by atoms with Crippen LogP contribution in [0.15, 0.2) is 29.2 Å². The monoisotopic (exact) mass is 279 g/mol. The maximum absolute atomic E-state index is 5.88. The van der Waals surface area contributed by atoms with Crippen molar-refractivity contribution in [1.82, 2.24) is 5.32 Å². The van der Waals surface area contributed by atoms with Gasteiger partial charge in [0.05, 0.1) is 25.4 Å². The highest BCUT2D eigenvalue weighted by atomic mass is 32.2. The first-order chi connectivity index (χ1) is 9.33. The van der Waals surface area contributed by atoms with Crippen LogP contribution in [0.5, 0.6) is 0 Å². The minimum Gasteiger partial charge on any atom is -0.378 e. The molecule has 0 aliphatic carbocycles. The Morgan fingerprint density at radius 1 is 1.32 bits per heavy atom. The third-order valence-corrected chi connectivity index (χ3v) is 4.90. The molecule has 3 unspecified atom stereocenters. The molecule has 3 rings (SSSR count). The lowest BCUT2D eigenvalue weighted by atomic mass is 10.0. The summed E-state index contributed by atoms with van der Waals surface area (Å²) in [6.45, 7) is 5.45. The van der Waals surface area contributed by atoms with Gasteiger partial charge in [-0.2, -0.15) is 0 Å². The Morgan fingerprint density at radius 3 is 3.11 bits per heavy atom. The topological polar surface area (TPSA) is 30.5 Å². The number of thioether (sulfide) groups is 1. The van der Waals surface area contributed by atoms with Gasteiger partial charge in [-0.15, -0.1) is 11.8 Å². The minimum absolute atomic E-state index is 0.202. The average molecular weight is 279 g/mol. The highest BCUT2D eigenvalue weighted by molar-refractivity contribution is 7.99. The Bertz CT molecular complexity index is 426. The van der Waals surface area contributed by atoms with E-state index in [0.29, 0.717) is 18.6 Å². The lowest BCUT2D eigenvalue weighted by Crippen LogP contribution is -2.45. The van der Waals surface area contributed by atoms with Crippen LogP contribution in [0.25, 0.3) is 0 Å². The fourth-order valence-electron chi connectivity index (χ4n) is 2.68. The van der Waals surface area contributed by atoms with Crippen molar-refractivity contribution in [2.75, 3.05) is 32.1 Å². The van der Waals surface area contributed by atoms with E-state index < -0.39 is 0 Å². The Morgan fingerprint density at radius 2 is 2.21 bits per heavy atom. The van der Waals surface area contributed by atoms with Gasteiger partial charge in [0.15, 0.2) is 0 Å². The summed E-state index contributed by atoms with van der Waals surface area (Å²) in [4.78, 5) is 1.42. The predicted molar refractivity (Wildman–Crippen MR) is 77.9 cm³/mol. The largest absolute Gasteiger partial charge is 0.378 e. The third-order valence-electron chi connectivity index (χ3n) is 3.65. The molecule has 0 spiro atoms. The van der Waals surface area contributed by atoms with Crippen molar-refractivity contribution < 1.29 is 9.47 Å². The van der Waals surface area contributed by atoms with Crippen LogP contribution in [0.3, 0.4) is 0 Å². The molecule has 0 saturated carbocycles. The van der Waals surface area contributed by atoms with E-state index in [4.69, 9.17) is 9.47 Å².